The fraction of sp³-hybridized carbons (Fsp3) is 0.500. The van der Waals surface area contributed by atoms with E-state index >= 15 is 0 Å². The number of carbonyl (C=O) groups excluding carboxylic acids is 2. The van der Waals surface area contributed by atoms with Gasteiger partial charge >= 0.3 is 0 Å². The summed E-state index contributed by atoms with van der Waals surface area (Å²) in [4.78, 5) is 33.0. The smallest absolute Gasteiger partial charge is 0.225 e. The molecule has 6 nitrogen and oxygen atoms in total. The molecule has 3 heterocycles. The third-order valence-corrected chi connectivity index (χ3v) is 5.86. The number of oxazole rings is 1. The van der Waals surface area contributed by atoms with Crippen LogP contribution in [0.15, 0.2) is 34.9 Å². The lowest BCUT2D eigenvalue weighted by molar-refractivity contribution is -0.140. The van der Waals surface area contributed by atoms with E-state index in [4.69, 9.17) is 4.42 Å². The molecule has 2 amide bonds. The highest BCUT2D eigenvalue weighted by Gasteiger charge is 2.31. The van der Waals surface area contributed by atoms with Crippen LogP contribution in [0, 0.1) is 11.7 Å². The van der Waals surface area contributed by atoms with Crippen LogP contribution in [0.25, 0.3) is 11.3 Å². The Morgan fingerprint density at radius 2 is 1.79 bits per heavy atom. The van der Waals surface area contributed by atoms with E-state index < -0.39 is 0 Å². The van der Waals surface area contributed by atoms with E-state index in [9.17, 15) is 14.0 Å². The van der Waals surface area contributed by atoms with Gasteiger partial charge in [-0.3, -0.25) is 9.59 Å². The maximum atomic E-state index is 13.9. The molecule has 1 aromatic carbocycles. The molecular formula is C22H26FN3O3. The van der Waals surface area contributed by atoms with Crippen LogP contribution >= 0.6 is 0 Å². The third-order valence-electron chi connectivity index (χ3n) is 5.86. The van der Waals surface area contributed by atoms with Crippen LogP contribution in [-0.4, -0.2) is 52.8 Å². The van der Waals surface area contributed by atoms with Crippen molar-refractivity contribution in [2.75, 3.05) is 26.2 Å². The van der Waals surface area contributed by atoms with Gasteiger partial charge in [0.2, 0.25) is 11.8 Å². The van der Waals surface area contributed by atoms with Gasteiger partial charge in [0.15, 0.2) is 11.7 Å². The predicted molar refractivity (Wildman–Crippen MR) is 105 cm³/mol. The molecule has 0 radical (unpaired) electrons. The average Bonchev–Trinajstić information content (AvgIpc) is 3.44. The second-order valence-corrected chi connectivity index (χ2v) is 7.79. The van der Waals surface area contributed by atoms with E-state index in [1.54, 1.807) is 18.2 Å². The van der Waals surface area contributed by atoms with Crippen LogP contribution in [0.3, 0.4) is 0 Å². The van der Waals surface area contributed by atoms with Gasteiger partial charge in [-0.15, -0.1) is 0 Å². The summed E-state index contributed by atoms with van der Waals surface area (Å²) in [7, 11) is 0. The van der Waals surface area contributed by atoms with E-state index in [-0.39, 0.29) is 23.5 Å². The van der Waals surface area contributed by atoms with Crippen molar-refractivity contribution >= 4 is 11.8 Å². The monoisotopic (exact) mass is 399 g/mol. The number of hydrogen-bond acceptors (Lipinski definition) is 4. The molecule has 2 aromatic rings. The van der Waals surface area contributed by atoms with Gasteiger partial charge in [0.25, 0.3) is 0 Å². The molecule has 1 aromatic heterocycles. The van der Waals surface area contributed by atoms with Gasteiger partial charge in [0.1, 0.15) is 5.82 Å². The molecule has 2 aliphatic heterocycles. The highest BCUT2D eigenvalue weighted by Crippen LogP contribution is 2.25. The Kier molecular flexibility index (Phi) is 5.92. The van der Waals surface area contributed by atoms with Crippen LogP contribution in [0.2, 0.25) is 0 Å². The Bertz CT molecular complexity index is 868. The van der Waals surface area contributed by atoms with E-state index in [2.05, 4.69) is 4.98 Å². The second-order valence-electron chi connectivity index (χ2n) is 7.79. The summed E-state index contributed by atoms with van der Waals surface area (Å²) in [6.45, 7) is 3.00. The maximum Gasteiger partial charge on any atom is 0.225 e. The molecule has 2 fully saturated rings. The Morgan fingerprint density at radius 1 is 1.07 bits per heavy atom. The lowest BCUT2D eigenvalue weighted by atomic mass is 9.95. The number of carbonyl (C=O) groups is 2. The molecule has 0 spiro atoms. The van der Waals surface area contributed by atoms with Gasteiger partial charge in [0.05, 0.1) is 11.8 Å². The van der Waals surface area contributed by atoms with E-state index in [0.717, 1.165) is 38.8 Å². The first-order valence-corrected chi connectivity index (χ1v) is 10.4. The van der Waals surface area contributed by atoms with Crippen molar-refractivity contribution < 1.29 is 18.4 Å². The third kappa shape index (κ3) is 4.49. The molecule has 29 heavy (non-hydrogen) atoms. The summed E-state index contributed by atoms with van der Waals surface area (Å²) < 4.78 is 19.5. The molecule has 2 aliphatic rings. The van der Waals surface area contributed by atoms with Crippen molar-refractivity contribution in [3.8, 4) is 11.3 Å². The van der Waals surface area contributed by atoms with Crippen LogP contribution in [0.5, 0.6) is 0 Å². The number of halogens is 1. The number of aromatic nitrogens is 1. The van der Waals surface area contributed by atoms with E-state index in [1.807, 2.05) is 9.80 Å². The number of piperidine rings is 1. The molecule has 154 valence electrons. The van der Waals surface area contributed by atoms with Gasteiger partial charge in [-0.1, -0.05) is 12.1 Å². The first kappa shape index (κ1) is 19.6. The number of nitrogens with zero attached hydrogens (tertiary/aromatic N) is 3. The molecule has 0 atom stereocenters. The summed E-state index contributed by atoms with van der Waals surface area (Å²) in [6.07, 6.45) is 5.83. The van der Waals surface area contributed by atoms with Crippen molar-refractivity contribution in [1.82, 2.24) is 14.8 Å². The van der Waals surface area contributed by atoms with Gasteiger partial charge in [-0.2, -0.15) is 0 Å². The Morgan fingerprint density at radius 3 is 2.52 bits per heavy atom. The minimum Gasteiger partial charge on any atom is -0.441 e. The highest BCUT2D eigenvalue weighted by atomic mass is 19.1. The number of aryl methyl sites for hydroxylation is 1. The summed E-state index contributed by atoms with van der Waals surface area (Å²) in [6, 6.07) is 6.37. The van der Waals surface area contributed by atoms with Crippen molar-refractivity contribution in [2.24, 2.45) is 5.92 Å². The maximum absolute atomic E-state index is 13.9. The van der Waals surface area contributed by atoms with Crippen LogP contribution in [0.1, 0.15) is 38.0 Å². The van der Waals surface area contributed by atoms with Crippen molar-refractivity contribution in [1.29, 1.82) is 0 Å². The number of benzene rings is 1. The van der Waals surface area contributed by atoms with Gasteiger partial charge in [-0.05, 0) is 37.8 Å². The minimum absolute atomic E-state index is 0.0442. The van der Waals surface area contributed by atoms with Gasteiger partial charge < -0.3 is 14.2 Å². The zero-order valence-electron chi connectivity index (χ0n) is 16.5. The molecule has 0 N–H and O–H groups in total. The highest BCUT2D eigenvalue weighted by molar-refractivity contribution is 5.80. The fourth-order valence-electron chi connectivity index (χ4n) is 4.15. The zero-order chi connectivity index (χ0) is 20.2. The molecular weight excluding hydrogens is 373 g/mol. The standard InChI is InChI=1S/C22H26FN3O3/c23-18-6-2-1-5-17(18)19-15-24-20(29-19)7-8-21(27)25-13-9-16(10-14-25)22(28)26-11-3-4-12-26/h1-2,5-6,15-16H,3-4,7-14H2. The van der Waals surface area contributed by atoms with E-state index in [1.165, 1.54) is 12.3 Å². The van der Waals surface area contributed by atoms with Gasteiger partial charge in [0, 0.05) is 44.9 Å². The normalized spacial score (nSPS) is 17.7. The first-order chi connectivity index (χ1) is 14.1. The number of amides is 2. The summed E-state index contributed by atoms with van der Waals surface area (Å²) >= 11 is 0. The summed E-state index contributed by atoms with van der Waals surface area (Å²) in [5, 5.41) is 0. The average molecular weight is 399 g/mol. The molecule has 0 aliphatic carbocycles. The molecule has 4 rings (SSSR count). The Hall–Kier alpha value is -2.70. The second kappa shape index (κ2) is 8.76. The fourth-order valence-corrected chi connectivity index (χ4v) is 4.15. The molecule has 0 saturated carbocycles. The molecule has 7 heteroatoms. The number of likely N-dealkylation sites (tertiary alicyclic amines) is 2. The van der Waals surface area contributed by atoms with Crippen LogP contribution in [0.4, 0.5) is 4.39 Å². The molecule has 2 saturated heterocycles. The minimum atomic E-state index is -0.363. The lowest BCUT2D eigenvalue weighted by Crippen LogP contribution is -2.43. The quantitative estimate of drug-likeness (QED) is 0.774. The Labute approximate surface area is 169 Å². The number of rotatable bonds is 5. The van der Waals surface area contributed by atoms with Crippen molar-refractivity contribution in [3.05, 3.63) is 42.2 Å². The predicted octanol–water partition coefficient (Wildman–Crippen LogP) is 3.27. The first-order valence-electron chi connectivity index (χ1n) is 10.4. The SMILES string of the molecule is O=C(CCc1ncc(-c2ccccc2F)o1)N1CCC(C(=O)N2CCCC2)CC1. The number of hydrogen-bond donors (Lipinski definition) is 0. The van der Waals surface area contributed by atoms with Crippen molar-refractivity contribution in [2.45, 2.75) is 38.5 Å². The largest absolute Gasteiger partial charge is 0.441 e. The van der Waals surface area contributed by atoms with Crippen LogP contribution in [-0.2, 0) is 16.0 Å². The topological polar surface area (TPSA) is 66.7 Å². The van der Waals surface area contributed by atoms with Crippen molar-refractivity contribution in [3.63, 3.8) is 0 Å². The lowest BCUT2D eigenvalue weighted by Gasteiger charge is -2.33. The molecule has 0 bridgehead atoms. The van der Waals surface area contributed by atoms with Gasteiger partial charge in [-0.25, -0.2) is 9.37 Å². The van der Waals surface area contributed by atoms with Crippen LogP contribution < -0.4 is 0 Å². The summed E-state index contributed by atoms with van der Waals surface area (Å²) in [5.74, 6) is 0.783. The zero-order valence-corrected chi connectivity index (χ0v) is 16.5. The Balaban J connectivity index is 1.25. The summed E-state index contributed by atoms with van der Waals surface area (Å²) in [5.41, 5.74) is 0.363. The molecule has 0 unspecified atom stereocenters. The van der Waals surface area contributed by atoms with E-state index in [0.29, 0.717) is 43.1 Å².